The molecular weight excluding hydrogens is 243 g/mol. The van der Waals surface area contributed by atoms with E-state index in [9.17, 15) is 0 Å². The predicted molar refractivity (Wildman–Crippen MR) is 75.7 cm³/mol. The second-order valence-electron chi connectivity index (χ2n) is 3.81. The van der Waals surface area contributed by atoms with Crippen molar-refractivity contribution >= 4 is 24.8 Å². The molecule has 96 valence electrons. The number of piperidine rings is 1. The normalized spacial score (nSPS) is 15.7. The van der Waals surface area contributed by atoms with Crippen LogP contribution in [0.4, 0.5) is 0 Å². The minimum atomic E-state index is 0. The predicted octanol–water partition coefficient (Wildman–Crippen LogP) is 2.17. The Bertz CT molecular complexity index is 201. The zero-order valence-electron chi connectivity index (χ0n) is 10.3. The average molecular weight is 267 g/mol. The standard InChI is InChI=1S/C12H22N2.2ClH/c1-3-14(4-2)11-5-6-12-7-9-13-10-8-12;;/h12-13H,3-4,7-11H2,1-2H3;2*1H. The third-order valence-corrected chi connectivity index (χ3v) is 2.84. The van der Waals surface area contributed by atoms with Crippen LogP contribution in [0.15, 0.2) is 0 Å². The molecule has 0 aromatic rings. The lowest BCUT2D eigenvalue weighted by atomic mass is 9.99. The van der Waals surface area contributed by atoms with Crippen molar-refractivity contribution in [2.75, 3.05) is 32.7 Å². The van der Waals surface area contributed by atoms with Crippen LogP contribution in [-0.2, 0) is 0 Å². The second kappa shape index (κ2) is 11.5. The monoisotopic (exact) mass is 266 g/mol. The highest BCUT2D eigenvalue weighted by molar-refractivity contribution is 5.85. The summed E-state index contributed by atoms with van der Waals surface area (Å²) in [4.78, 5) is 2.36. The van der Waals surface area contributed by atoms with Crippen molar-refractivity contribution in [1.82, 2.24) is 10.2 Å². The first kappa shape index (κ1) is 18.4. The van der Waals surface area contributed by atoms with Gasteiger partial charge in [-0.15, -0.1) is 24.8 Å². The third kappa shape index (κ3) is 7.35. The fourth-order valence-corrected chi connectivity index (χ4v) is 1.72. The first-order valence-corrected chi connectivity index (χ1v) is 5.78. The zero-order valence-corrected chi connectivity index (χ0v) is 11.9. The molecule has 1 aliphatic heterocycles. The summed E-state index contributed by atoms with van der Waals surface area (Å²) in [6, 6.07) is 0. The highest BCUT2D eigenvalue weighted by atomic mass is 35.5. The fourth-order valence-electron chi connectivity index (χ4n) is 1.72. The molecule has 2 nitrogen and oxygen atoms in total. The van der Waals surface area contributed by atoms with Gasteiger partial charge in [-0.25, -0.2) is 0 Å². The van der Waals surface area contributed by atoms with E-state index in [0.29, 0.717) is 5.92 Å². The molecule has 1 heterocycles. The molecule has 0 spiro atoms. The zero-order chi connectivity index (χ0) is 10.2. The first-order chi connectivity index (χ1) is 6.86. The van der Waals surface area contributed by atoms with E-state index in [4.69, 9.17) is 0 Å². The molecule has 0 aliphatic carbocycles. The van der Waals surface area contributed by atoms with Crippen LogP contribution in [0.25, 0.3) is 0 Å². The topological polar surface area (TPSA) is 15.3 Å². The molecular formula is C12H24Cl2N2. The van der Waals surface area contributed by atoms with Crippen molar-refractivity contribution in [3.05, 3.63) is 0 Å². The maximum absolute atomic E-state index is 3.39. The maximum atomic E-state index is 3.39. The number of nitrogens with zero attached hydrogens (tertiary/aromatic N) is 1. The van der Waals surface area contributed by atoms with Gasteiger partial charge in [-0.2, -0.15) is 0 Å². The van der Waals surface area contributed by atoms with Crippen molar-refractivity contribution in [2.24, 2.45) is 5.92 Å². The smallest absolute Gasteiger partial charge is 0.0601 e. The second-order valence-corrected chi connectivity index (χ2v) is 3.81. The molecule has 16 heavy (non-hydrogen) atoms. The molecule has 1 saturated heterocycles. The number of halogens is 2. The van der Waals surface area contributed by atoms with Crippen LogP contribution < -0.4 is 5.32 Å². The van der Waals surface area contributed by atoms with Crippen molar-refractivity contribution in [3.8, 4) is 11.8 Å². The molecule has 0 aromatic carbocycles. The Hall–Kier alpha value is 0.0600. The van der Waals surface area contributed by atoms with Gasteiger partial charge < -0.3 is 5.32 Å². The molecule has 1 fully saturated rings. The van der Waals surface area contributed by atoms with E-state index in [1.807, 2.05) is 0 Å². The number of rotatable bonds is 3. The Balaban J connectivity index is 0. The summed E-state index contributed by atoms with van der Waals surface area (Å²) in [6.45, 7) is 9.83. The molecule has 0 radical (unpaired) electrons. The average Bonchev–Trinajstić information content (AvgIpc) is 2.26. The van der Waals surface area contributed by atoms with Crippen LogP contribution in [0.1, 0.15) is 26.7 Å². The van der Waals surface area contributed by atoms with Crippen LogP contribution in [0, 0.1) is 17.8 Å². The van der Waals surface area contributed by atoms with Crippen LogP contribution in [0.2, 0.25) is 0 Å². The van der Waals surface area contributed by atoms with E-state index in [-0.39, 0.29) is 24.8 Å². The Morgan fingerprint density at radius 2 is 1.69 bits per heavy atom. The highest BCUT2D eigenvalue weighted by Crippen LogP contribution is 2.09. The van der Waals surface area contributed by atoms with Gasteiger partial charge in [0.2, 0.25) is 0 Å². The molecule has 0 bridgehead atoms. The lowest BCUT2D eigenvalue weighted by Crippen LogP contribution is -2.27. The summed E-state index contributed by atoms with van der Waals surface area (Å²) in [7, 11) is 0. The lowest BCUT2D eigenvalue weighted by molar-refractivity contribution is 0.342. The van der Waals surface area contributed by atoms with Gasteiger partial charge in [0.25, 0.3) is 0 Å². The quantitative estimate of drug-likeness (QED) is 0.788. The molecule has 1 aliphatic rings. The number of nitrogens with one attached hydrogen (secondary N) is 1. The van der Waals surface area contributed by atoms with E-state index < -0.39 is 0 Å². The van der Waals surface area contributed by atoms with Gasteiger partial charge in [0, 0.05) is 5.92 Å². The fraction of sp³-hybridized carbons (Fsp3) is 0.833. The summed E-state index contributed by atoms with van der Waals surface area (Å²) in [5.74, 6) is 7.34. The van der Waals surface area contributed by atoms with Crippen molar-refractivity contribution < 1.29 is 0 Å². The summed E-state index contributed by atoms with van der Waals surface area (Å²) in [6.07, 6.45) is 2.45. The van der Waals surface area contributed by atoms with Gasteiger partial charge >= 0.3 is 0 Å². The summed E-state index contributed by atoms with van der Waals surface area (Å²) in [5.41, 5.74) is 0. The minimum absolute atomic E-state index is 0. The first-order valence-electron chi connectivity index (χ1n) is 5.78. The lowest BCUT2D eigenvalue weighted by Gasteiger charge is -2.18. The molecule has 0 saturated carbocycles. The van der Waals surface area contributed by atoms with Gasteiger partial charge in [-0.05, 0) is 39.0 Å². The van der Waals surface area contributed by atoms with E-state index in [0.717, 1.165) is 32.7 Å². The SMILES string of the molecule is CCN(CC)CC#CC1CCNCC1.Cl.Cl. The maximum Gasteiger partial charge on any atom is 0.0601 e. The van der Waals surface area contributed by atoms with Gasteiger partial charge in [-0.1, -0.05) is 25.7 Å². The Morgan fingerprint density at radius 1 is 1.12 bits per heavy atom. The van der Waals surface area contributed by atoms with Crippen molar-refractivity contribution in [3.63, 3.8) is 0 Å². The van der Waals surface area contributed by atoms with E-state index >= 15 is 0 Å². The van der Waals surface area contributed by atoms with Gasteiger partial charge in [0.15, 0.2) is 0 Å². The van der Waals surface area contributed by atoms with E-state index in [2.05, 4.69) is 35.9 Å². The molecule has 1 rings (SSSR count). The molecule has 0 aromatic heterocycles. The molecule has 0 amide bonds. The molecule has 4 heteroatoms. The Labute approximate surface area is 112 Å². The summed E-state index contributed by atoms with van der Waals surface area (Å²) in [5, 5.41) is 3.36. The van der Waals surface area contributed by atoms with E-state index in [1.165, 1.54) is 12.8 Å². The van der Waals surface area contributed by atoms with Gasteiger partial charge in [0.05, 0.1) is 6.54 Å². The van der Waals surface area contributed by atoms with E-state index in [1.54, 1.807) is 0 Å². The molecule has 1 N–H and O–H groups in total. The summed E-state index contributed by atoms with van der Waals surface area (Å²) < 4.78 is 0. The summed E-state index contributed by atoms with van der Waals surface area (Å²) >= 11 is 0. The van der Waals surface area contributed by atoms with Crippen LogP contribution >= 0.6 is 24.8 Å². The van der Waals surface area contributed by atoms with Gasteiger partial charge in [-0.3, -0.25) is 4.90 Å². The number of hydrogen-bond donors (Lipinski definition) is 1. The molecule has 0 unspecified atom stereocenters. The van der Waals surface area contributed by atoms with Crippen LogP contribution in [-0.4, -0.2) is 37.6 Å². The van der Waals surface area contributed by atoms with Crippen LogP contribution in [0.3, 0.4) is 0 Å². The highest BCUT2D eigenvalue weighted by Gasteiger charge is 2.08. The largest absolute Gasteiger partial charge is 0.317 e. The Morgan fingerprint density at radius 3 is 2.19 bits per heavy atom. The minimum Gasteiger partial charge on any atom is -0.317 e. The van der Waals surface area contributed by atoms with Crippen LogP contribution in [0.5, 0.6) is 0 Å². The van der Waals surface area contributed by atoms with Crippen molar-refractivity contribution in [1.29, 1.82) is 0 Å². The van der Waals surface area contributed by atoms with Gasteiger partial charge in [0.1, 0.15) is 0 Å². The third-order valence-electron chi connectivity index (χ3n) is 2.84. The van der Waals surface area contributed by atoms with Crippen molar-refractivity contribution in [2.45, 2.75) is 26.7 Å². The number of hydrogen-bond acceptors (Lipinski definition) is 2. The molecule has 0 atom stereocenters. The Kier molecular flexibility index (Phi) is 13.3.